The summed E-state index contributed by atoms with van der Waals surface area (Å²) >= 11 is 0. The van der Waals surface area contributed by atoms with Crippen molar-refractivity contribution in [3.05, 3.63) is 74.2 Å². The minimum absolute atomic E-state index is 0.00768. The lowest BCUT2D eigenvalue weighted by Gasteiger charge is -2.30. The fraction of sp³-hybridized carbons (Fsp3) is 0.500. The number of rotatable bonds is 16. The molecule has 12 nitrogen and oxygen atoms in total. The van der Waals surface area contributed by atoms with Crippen LogP contribution in [0.3, 0.4) is 0 Å². The van der Waals surface area contributed by atoms with Gasteiger partial charge in [-0.3, -0.25) is 15.2 Å². The predicted octanol–water partition coefficient (Wildman–Crippen LogP) is 5.01. The molecular formula is C30H40N4O8. The van der Waals surface area contributed by atoms with Crippen LogP contribution in [-0.2, 0) is 23.8 Å². The molecule has 0 saturated carbocycles. The largest absolute Gasteiger partial charge is 0.477 e. The third kappa shape index (κ3) is 8.90. The first kappa shape index (κ1) is 32.3. The summed E-state index contributed by atoms with van der Waals surface area (Å²) in [4.78, 5) is 38.2. The molecule has 1 unspecified atom stereocenters. The highest BCUT2D eigenvalue weighted by molar-refractivity contribution is 6.00. The molecule has 1 aliphatic rings. The van der Waals surface area contributed by atoms with Crippen LogP contribution in [-0.4, -0.2) is 59.6 Å². The number of dihydropyridines is 1. The molecule has 1 aromatic heterocycles. The number of aromatic amines is 1. The van der Waals surface area contributed by atoms with Gasteiger partial charge < -0.3 is 24.3 Å². The molecule has 12 heteroatoms. The Labute approximate surface area is 245 Å². The Morgan fingerprint density at radius 3 is 2.14 bits per heavy atom. The van der Waals surface area contributed by atoms with Crippen molar-refractivity contribution in [1.29, 1.82) is 0 Å². The lowest BCUT2D eigenvalue weighted by molar-refractivity contribution is -0.385. The summed E-state index contributed by atoms with van der Waals surface area (Å²) in [6.45, 7) is 9.87. The lowest BCUT2D eigenvalue weighted by atomic mass is 9.79. The Balaban J connectivity index is 1.69. The van der Waals surface area contributed by atoms with Gasteiger partial charge in [0.05, 0.1) is 47.9 Å². The molecule has 42 heavy (non-hydrogen) atoms. The van der Waals surface area contributed by atoms with Gasteiger partial charge in [0.15, 0.2) is 0 Å². The summed E-state index contributed by atoms with van der Waals surface area (Å²) in [6.07, 6.45) is 3.11. The van der Waals surface area contributed by atoms with Gasteiger partial charge in [0, 0.05) is 34.8 Å². The number of nitrogens with zero attached hydrogens (tertiary/aromatic N) is 2. The van der Waals surface area contributed by atoms with Gasteiger partial charge in [-0.2, -0.15) is 0 Å². The van der Waals surface area contributed by atoms with E-state index < -0.39 is 22.8 Å². The van der Waals surface area contributed by atoms with Crippen molar-refractivity contribution in [1.82, 2.24) is 15.5 Å². The zero-order valence-electron chi connectivity index (χ0n) is 24.9. The molecule has 3 rings (SSSR count). The van der Waals surface area contributed by atoms with E-state index in [2.05, 4.69) is 15.5 Å². The monoisotopic (exact) mass is 584 g/mol. The fourth-order valence-electron chi connectivity index (χ4n) is 4.68. The van der Waals surface area contributed by atoms with Gasteiger partial charge in [0.1, 0.15) is 6.61 Å². The Morgan fingerprint density at radius 1 is 0.929 bits per heavy atom. The highest BCUT2D eigenvalue weighted by atomic mass is 16.6. The second-order valence-corrected chi connectivity index (χ2v) is 10.3. The maximum atomic E-state index is 13.5. The van der Waals surface area contributed by atoms with Crippen molar-refractivity contribution in [2.75, 3.05) is 26.4 Å². The minimum Gasteiger partial charge on any atom is -0.477 e. The molecule has 2 N–H and O–H groups in total. The van der Waals surface area contributed by atoms with E-state index in [1.165, 1.54) is 12.1 Å². The molecule has 0 amide bonds. The molecule has 0 spiro atoms. The Morgan fingerprint density at radius 2 is 1.55 bits per heavy atom. The standard InChI is InChI=1S/C30H40N4O8/c1-19(2)39-16-17-42-30(36)27-22(5)31-21(4)26(28(27)23-12-8-9-13-24(23)34(37)38)29(35)41-15-11-7-6-10-14-40-25-18-20(3)32-33-25/h8-9,12-13,18-19,28,31H,6-7,10-11,14-17H2,1-5H3,(H,32,33). The average Bonchev–Trinajstić information content (AvgIpc) is 3.36. The number of H-pyrrole nitrogens is 1. The second kappa shape index (κ2) is 15.7. The predicted molar refractivity (Wildman–Crippen MR) is 155 cm³/mol. The van der Waals surface area contributed by atoms with Gasteiger partial charge in [0.25, 0.3) is 5.69 Å². The van der Waals surface area contributed by atoms with Crippen LogP contribution >= 0.6 is 0 Å². The Bertz CT molecular complexity index is 1310. The van der Waals surface area contributed by atoms with E-state index in [0.29, 0.717) is 30.3 Å². The first-order valence-electron chi connectivity index (χ1n) is 14.1. The number of benzene rings is 1. The van der Waals surface area contributed by atoms with Crippen LogP contribution in [0.4, 0.5) is 5.69 Å². The van der Waals surface area contributed by atoms with Crippen molar-refractivity contribution in [2.24, 2.45) is 0 Å². The number of nitro groups is 1. The molecule has 1 atom stereocenters. The molecule has 0 radical (unpaired) electrons. The number of para-hydroxylation sites is 1. The summed E-state index contributed by atoms with van der Waals surface area (Å²) in [5.74, 6) is -1.83. The van der Waals surface area contributed by atoms with Gasteiger partial charge in [-0.05, 0) is 60.3 Å². The van der Waals surface area contributed by atoms with Crippen LogP contribution in [0.1, 0.15) is 70.6 Å². The van der Waals surface area contributed by atoms with Crippen molar-refractivity contribution >= 4 is 17.6 Å². The fourth-order valence-corrected chi connectivity index (χ4v) is 4.68. The molecule has 1 aliphatic heterocycles. The molecule has 0 aliphatic carbocycles. The van der Waals surface area contributed by atoms with Crippen LogP contribution in [0.15, 0.2) is 52.9 Å². The highest BCUT2D eigenvalue weighted by Crippen LogP contribution is 2.42. The summed E-state index contributed by atoms with van der Waals surface area (Å²) in [6, 6.07) is 7.89. The van der Waals surface area contributed by atoms with E-state index in [9.17, 15) is 19.7 Å². The molecule has 2 heterocycles. The van der Waals surface area contributed by atoms with Crippen LogP contribution < -0.4 is 10.1 Å². The number of esters is 2. The van der Waals surface area contributed by atoms with E-state index in [-0.39, 0.29) is 48.3 Å². The average molecular weight is 585 g/mol. The number of hydrogen-bond donors (Lipinski definition) is 2. The smallest absolute Gasteiger partial charge is 0.336 e. The molecule has 2 aromatic rings. The number of unbranched alkanes of at least 4 members (excludes halogenated alkanes) is 3. The number of hydrogen-bond acceptors (Lipinski definition) is 10. The van der Waals surface area contributed by atoms with Crippen LogP contribution in [0.25, 0.3) is 0 Å². The maximum absolute atomic E-state index is 13.5. The molecule has 0 saturated heterocycles. The van der Waals surface area contributed by atoms with Crippen molar-refractivity contribution in [3.8, 4) is 5.88 Å². The van der Waals surface area contributed by atoms with E-state index in [1.54, 1.807) is 26.0 Å². The number of nitro benzene ring substituents is 1. The minimum atomic E-state index is -1.05. The number of nitrogens with one attached hydrogen (secondary N) is 2. The number of ether oxygens (including phenoxy) is 4. The number of aryl methyl sites for hydroxylation is 1. The highest BCUT2D eigenvalue weighted by Gasteiger charge is 2.40. The first-order valence-corrected chi connectivity index (χ1v) is 14.1. The van der Waals surface area contributed by atoms with E-state index in [1.807, 2.05) is 26.8 Å². The lowest BCUT2D eigenvalue weighted by Crippen LogP contribution is -2.33. The van der Waals surface area contributed by atoms with Crippen molar-refractivity contribution in [2.45, 2.75) is 72.3 Å². The number of carbonyl (C=O) groups excluding carboxylic acids is 2. The van der Waals surface area contributed by atoms with Crippen molar-refractivity contribution < 1.29 is 33.5 Å². The molecular weight excluding hydrogens is 544 g/mol. The van der Waals surface area contributed by atoms with E-state index in [0.717, 1.165) is 25.0 Å². The number of aromatic nitrogens is 2. The van der Waals surface area contributed by atoms with Gasteiger partial charge in [0.2, 0.25) is 5.88 Å². The van der Waals surface area contributed by atoms with Crippen LogP contribution in [0.5, 0.6) is 5.88 Å². The van der Waals surface area contributed by atoms with E-state index >= 15 is 0 Å². The first-order chi connectivity index (χ1) is 20.1. The summed E-state index contributed by atoms with van der Waals surface area (Å²) in [7, 11) is 0. The molecule has 1 aromatic carbocycles. The summed E-state index contributed by atoms with van der Waals surface area (Å²) < 4.78 is 22.1. The SMILES string of the molecule is CC1=C(C(=O)OCCCCCCOc2cc(C)[nH]n2)C(c2ccccc2[N+](=O)[O-])C(C(=O)OCCOC(C)C)=C(C)N1. The summed E-state index contributed by atoms with van der Waals surface area (Å²) in [5, 5.41) is 21.9. The zero-order valence-corrected chi connectivity index (χ0v) is 24.9. The molecule has 0 fully saturated rings. The van der Waals surface area contributed by atoms with Crippen LogP contribution in [0, 0.1) is 17.0 Å². The Kier molecular flexibility index (Phi) is 12.1. The van der Waals surface area contributed by atoms with Crippen LogP contribution in [0.2, 0.25) is 0 Å². The quantitative estimate of drug-likeness (QED) is 0.119. The molecule has 228 valence electrons. The van der Waals surface area contributed by atoms with Gasteiger partial charge in [-0.25, -0.2) is 9.59 Å². The number of carbonyl (C=O) groups is 2. The van der Waals surface area contributed by atoms with Gasteiger partial charge >= 0.3 is 11.9 Å². The number of allylic oxidation sites excluding steroid dienone is 2. The normalized spacial score (nSPS) is 15.0. The Hall–Kier alpha value is -4.19. The topological polar surface area (TPSA) is 155 Å². The van der Waals surface area contributed by atoms with Gasteiger partial charge in [-0.15, -0.1) is 5.10 Å². The third-order valence-corrected chi connectivity index (χ3v) is 6.62. The second-order valence-electron chi connectivity index (χ2n) is 10.3. The molecule has 0 bridgehead atoms. The summed E-state index contributed by atoms with van der Waals surface area (Å²) in [5.41, 5.74) is 2.05. The zero-order chi connectivity index (χ0) is 30.6. The van der Waals surface area contributed by atoms with Gasteiger partial charge in [-0.1, -0.05) is 18.2 Å². The van der Waals surface area contributed by atoms with Crippen molar-refractivity contribution in [3.63, 3.8) is 0 Å². The van der Waals surface area contributed by atoms with E-state index in [4.69, 9.17) is 18.9 Å². The maximum Gasteiger partial charge on any atom is 0.336 e. The third-order valence-electron chi connectivity index (χ3n) is 6.62.